The summed E-state index contributed by atoms with van der Waals surface area (Å²) in [5.74, 6) is -1.07. The molecule has 2 aromatic heterocycles. The zero-order valence-electron chi connectivity index (χ0n) is 9.78. The van der Waals surface area contributed by atoms with Crippen molar-refractivity contribution >= 4 is 39.3 Å². The molecule has 0 spiro atoms. The Bertz CT molecular complexity index is 647. The summed E-state index contributed by atoms with van der Waals surface area (Å²) < 4.78 is 1.38. The highest BCUT2D eigenvalue weighted by Crippen LogP contribution is 2.20. The number of aliphatic carboxylic acids is 1. The van der Waals surface area contributed by atoms with Crippen LogP contribution in [0.4, 0.5) is 0 Å². The molecular weight excluding hydrogens is 274 g/mol. The Balaban J connectivity index is 2.58. The van der Waals surface area contributed by atoms with Crippen molar-refractivity contribution in [1.82, 2.24) is 9.66 Å². The summed E-state index contributed by atoms with van der Waals surface area (Å²) in [6, 6.07) is 1.72. The van der Waals surface area contributed by atoms with E-state index in [-0.39, 0.29) is 11.3 Å². The smallest absolute Gasteiger partial charge is 0.313 e. The van der Waals surface area contributed by atoms with Crippen LogP contribution in [-0.2, 0) is 4.79 Å². The van der Waals surface area contributed by atoms with Gasteiger partial charge in [0.2, 0.25) is 0 Å². The fourth-order valence-corrected chi connectivity index (χ4v) is 3.05. The van der Waals surface area contributed by atoms with E-state index >= 15 is 0 Å². The van der Waals surface area contributed by atoms with Gasteiger partial charge in [-0.3, -0.25) is 9.59 Å². The van der Waals surface area contributed by atoms with Gasteiger partial charge in [-0.2, -0.15) is 4.68 Å². The van der Waals surface area contributed by atoms with Crippen LogP contribution in [0.3, 0.4) is 0 Å². The van der Waals surface area contributed by atoms with Crippen molar-refractivity contribution in [1.29, 1.82) is 0 Å². The first-order chi connectivity index (χ1) is 8.50. The summed E-state index contributed by atoms with van der Waals surface area (Å²) in [5, 5.41) is 13.0. The molecule has 6 nitrogen and oxygen atoms in total. The number of carbonyl (C=O) groups is 1. The van der Waals surface area contributed by atoms with Gasteiger partial charge in [-0.25, -0.2) is 4.98 Å². The number of thiophene rings is 1. The quantitative estimate of drug-likeness (QED) is 0.662. The lowest BCUT2D eigenvalue weighted by molar-refractivity contribution is -0.133. The van der Waals surface area contributed by atoms with E-state index < -0.39 is 5.97 Å². The molecule has 8 heteroatoms. The van der Waals surface area contributed by atoms with Gasteiger partial charge in [-0.15, -0.1) is 11.3 Å². The van der Waals surface area contributed by atoms with Crippen molar-refractivity contribution in [3.8, 4) is 0 Å². The Hall–Kier alpha value is -1.54. The predicted octanol–water partition coefficient (Wildman–Crippen LogP) is 0.832. The SMILES string of the molecule is CN(C)n1c(SCC(=O)O)nc2sccc2c1=O. The molecule has 0 aliphatic carbocycles. The third-order valence-corrected chi connectivity index (χ3v) is 3.89. The summed E-state index contributed by atoms with van der Waals surface area (Å²) in [6.45, 7) is 0. The zero-order valence-corrected chi connectivity index (χ0v) is 11.4. The maximum atomic E-state index is 12.2. The van der Waals surface area contributed by atoms with E-state index in [1.54, 1.807) is 30.6 Å². The summed E-state index contributed by atoms with van der Waals surface area (Å²) >= 11 is 2.40. The molecule has 0 aliphatic heterocycles. The number of hydrogen-bond donors (Lipinski definition) is 1. The van der Waals surface area contributed by atoms with Crippen molar-refractivity contribution in [3.05, 3.63) is 21.8 Å². The molecule has 18 heavy (non-hydrogen) atoms. The largest absolute Gasteiger partial charge is 0.481 e. The highest BCUT2D eigenvalue weighted by atomic mass is 32.2. The second kappa shape index (κ2) is 4.99. The van der Waals surface area contributed by atoms with Crippen molar-refractivity contribution < 1.29 is 9.90 Å². The maximum absolute atomic E-state index is 12.2. The Labute approximate surface area is 111 Å². The molecular formula is C10H11N3O3S2. The van der Waals surface area contributed by atoms with Crippen LogP contribution in [0.15, 0.2) is 21.4 Å². The fraction of sp³-hybridized carbons (Fsp3) is 0.300. The Kier molecular flexibility index (Phi) is 3.58. The van der Waals surface area contributed by atoms with Gasteiger partial charge in [-0.1, -0.05) is 11.8 Å². The second-order valence-electron chi connectivity index (χ2n) is 3.68. The molecule has 2 heterocycles. The molecule has 2 rings (SSSR count). The number of carboxylic acid groups (broad SMARTS) is 1. The van der Waals surface area contributed by atoms with Gasteiger partial charge in [0.05, 0.1) is 11.1 Å². The van der Waals surface area contributed by atoms with E-state index in [1.807, 2.05) is 0 Å². The molecule has 0 saturated carbocycles. The standard InChI is InChI=1S/C10H11N3O3S2/c1-12(2)13-9(16)6-3-4-17-8(6)11-10(13)18-5-7(14)15/h3-4H,5H2,1-2H3,(H,14,15). The van der Waals surface area contributed by atoms with E-state index in [2.05, 4.69) is 4.98 Å². The number of fused-ring (bicyclic) bond motifs is 1. The van der Waals surface area contributed by atoms with Gasteiger partial charge in [0, 0.05) is 14.1 Å². The van der Waals surface area contributed by atoms with Gasteiger partial charge < -0.3 is 10.1 Å². The first-order valence-electron chi connectivity index (χ1n) is 5.03. The molecule has 0 aliphatic rings. The highest BCUT2D eigenvalue weighted by molar-refractivity contribution is 7.99. The minimum atomic E-state index is -0.939. The van der Waals surface area contributed by atoms with Gasteiger partial charge in [0.15, 0.2) is 5.16 Å². The molecule has 0 saturated heterocycles. The van der Waals surface area contributed by atoms with Crippen LogP contribution in [0.1, 0.15) is 0 Å². The summed E-state index contributed by atoms with van der Waals surface area (Å²) in [7, 11) is 3.43. The number of hydrogen-bond acceptors (Lipinski definition) is 6. The van der Waals surface area contributed by atoms with E-state index in [9.17, 15) is 9.59 Å². The zero-order chi connectivity index (χ0) is 13.3. The molecule has 96 valence electrons. The molecule has 1 N–H and O–H groups in total. The number of aromatic nitrogens is 2. The van der Waals surface area contributed by atoms with E-state index in [4.69, 9.17) is 5.11 Å². The van der Waals surface area contributed by atoms with E-state index in [0.29, 0.717) is 15.4 Å². The fourth-order valence-electron chi connectivity index (χ4n) is 1.46. The molecule has 0 aromatic carbocycles. The number of nitrogens with zero attached hydrogens (tertiary/aromatic N) is 3. The molecule has 0 radical (unpaired) electrons. The number of carboxylic acids is 1. The lowest BCUT2D eigenvalue weighted by atomic mass is 10.4. The Morgan fingerprint density at radius 2 is 2.33 bits per heavy atom. The van der Waals surface area contributed by atoms with E-state index in [1.165, 1.54) is 16.0 Å². The number of thioether (sulfide) groups is 1. The number of rotatable bonds is 4. The average molecular weight is 285 g/mol. The summed E-state index contributed by atoms with van der Waals surface area (Å²) in [5.41, 5.74) is -0.181. The summed E-state index contributed by atoms with van der Waals surface area (Å²) in [6.07, 6.45) is 0. The van der Waals surface area contributed by atoms with E-state index in [0.717, 1.165) is 11.8 Å². The van der Waals surface area contributed by atoms with Crippen LogP contribution < -0.4 is 10.6 Å². The monoisotopic (exact) mass is 285 g/mol. The lowest BCUT2D eigenvalue weighted by Crippen LogP contribution is -2.37. The lowest BCUT2D eigenvalue weighted by Gasteiger charge is -2.18. The minimum absolute atomic E-state index is 0.128. The van der Waals surface area contributed by atoms with Crippen LogP contribution >= 0.6 is 23.1 Å². The molecule has 0 bridgehead atoms. The van der Waals surface area contributed by atoms with Crippen molar-refractivity contribution in [3.63, 3.8) is 0 Å². The third-order valence-electron chi connectivity index (χ3n) is 2.17. The Morgan fingerprint density at radius 1 is 1.61 bits per heavy atom. The molecule has 0 fully saturated rings. The highest BCUT2D eigenvalue weighted by Gasteiger charge is 2.14. The van der Waals surface area contributed by atoms with Crippen molar-refractivity contribution in [2.75, 3.05) is 24.9 Å². The van der Waals surface area contributed by atoms with Crippen LogP contribution in [0.5, 0.6) is 0 Å². The predicted molar refractivity (Wildman–Crippen MR) is 72.3 cm³/mol. The van der Waals surface area contributed by atoms with Crippen molar-refractivity contribution in [2.24, 2.45) is 0 Å². The molecule has 0 amide bonds. The van der Waals surface area contributed by atoms with Gasteiger partial charge in [0.25, 0.3) is 5.56 Å². The Morgan fingerprint density at radius 3 is 2.94 bits per heavy atom. The van der Waals surface area contributed by atoms with Crippen molar-refractivity contribution in [2.45, 2.75) is 5.16 Å². The van der Waals surface area contributed by atoms with Crippen LogP contribution in [-0.4, -0.2) is 40.6 Å². The topological polar surface area (TPSA) is 75.4 Å². The van der Waals surface area contributed by atoms with Crippen LogP contribution in [0.25, 0.3) is 10.2 Å². The second-order valence-corrected chi connectivity index (χ2v) is 5.52. The minimum Gasteiger partial charge on any atom is -0.481 e. The maximum Gasteiger partial charge on any atom is 0.313 e. The summed E-state index contributed by atoms with van der Waals surface area (Å²) in [4.78, 5) is 27.8. The van der Waals surface area contributed by atoms with Gasteiger partial charge in [-0.05, 0) is 11.4 Å². The van der Waals surface area contributed by atoms with Crippen LogP contribution in [0, 0.1) is 0 Å². The van der Waals surface area contributed by atoms with Crippen LogP contribution in [0.2, 0.25) is 0 Å². The normalized spacial score (nSPS) is 10.8. The third kappa shape index (κ3) is 2.34. The molecule has 2 aromatic rings. The molecule has 0 atom stereocenters. The first-order valence-corrected chi connectivity index (χ1v) is 6.89. The first kappa shape index (κ1) is 12.9. The molecule has 0 unspecified atom stereocenters. The van der Waals surface area contributed by atoms with Gasteiger partial charge in [0.1, 0.15) is 4.83 Å². The van der Waals surface area contributed by atoms with Gasteiger partial charge >= 0.3 is 5.97 Å². The average Bonchev–Trinajstić information content (AvgIpc) is 2.74.